The average Bonchev–Trinajstić information content (AvgIpc) is 3.02. The van der Waals surface area contributed by atoms with Crippen LogP contribution in [0.15, 0.2) is 18.5 Å². The van der Waals surface area contributed by atoms with Gasteiger partial charge in [-0.2, -0.15) is 5.10 Å². The Morgan fingerprint density at radius 3 is 2.64 bits per heavy atom. The molecule has 1 saturated heterocycles. The molecule has 6 heteroatoms. The third-order valence-electron chi connectivity index (χ3n) is 5.46. The maximum Gasteiger partial charge on any atom is 0.255 e. The van der Waals surface area contributed by atoms with Crippen LogP contribution in [0, 0.1) is 11.3 Å². The van der Waals surface area contributed by atoms with Crippen LogP contribution in [0.5, 0.6) is 0 Å². The molecule has 6 nitrogen and oxygen atoms in total. The van der Waals surface area contributed by atoms with Gasteiger partial charge in [-0.05, 0) is 36.7 Å². The summed E-state index contributed by atoms with van der Waals surface area (Å²) < 4.78 is 1.89. The quantitative estimate of drug-likeness (QED) is 0.905. The van der Waals surface area contributed by atoms with Crippen molar-refractivity contribution in [3.05, 3.63) is 24.0 Å². The number of aliphatic hydroxyl groups is 1. The first kappa shape index (κ1) is 17.9. The Labute approximate surface area is 148 Å². The van der Waals surface area contributed by atoms with Crippen LogP contribution in [-0.4, -0.2) is 50.4 Å². The lowest BCUT2D eigenvalue weighted by Gasteiger charge is -2.40. The highest BCUT2D eigenvalue weighted by molar-refractivity contribution is 5.96. The van der Waals surface area contributed by atoms with Crippen molar-refractivity contribution in [1.29, 1.82) is 0 Å². The van der Waals surface area contributed by atoms with Gasteiger partial charge in [0.15, 0.2) is 5.65 Å². The molecule has 0 radical (unpaired) electrons. The SMILES string of the molecule is CCC1(CO)CCN(C(=O)c2cnc3c(cnn3CC(C)C)c2)CC1. The van der Waals surface area contributed by atoms with E-state index in [9.17, 15) is 9.90 Å². The fourth-order valence-corrected chi connectivity index (χ4v) is 3.56. The van der Waals surface area contributed by atoms with Gasteiger partial charge < -0.3 is 10.0 Å². The van der Waals surface area contributed by atoms with Gasteiger partial charge >= 0.3 is 0 Å². The van der Waals surface area contributed by atoms with E-state index < -0.39 is 0 Å². The molecular weight excluding hydrogens is 316 g/mol. The number of carbonyl (C=O) groups excluding carboxylic acids is 1. The van der Waals surface area contributed by atoms with Crippen LogP contribution in [-0.2, 0) is 6.54 Å². The Hall–Kier alpha value is -1.95. The molecule has 3 heterocycles. The fourth-order valence-electron chi connectivity index (χ4n) is 3.56. The molecule has 136 valence electrons. The zero-order chi connectivity index (χ0) is 18.0. The molecule has 1 N–H and O–H groups in total. The predicted octanol–water partition coefficient (Wildman–Crippen LogP) is 2.71. The molecule has 1 amide bonds. The Morgan fingerprint density at radius 1 is 1.32 bits per heavy atom. The second-order valence-electron chi connectivity index (χ2n) is 7.66. The maximum absolute atomic E-state index is 12.8. The number of amides is 1. The molecule has 25 heavy (non-hydrogen) atoms. The second-order valence-corrected chi connectivity index (χ2v) is 7.66. The third-order valence-corrected chi connectivity index (χ3v) is 5.46. The Balaban J connectivity index is 1.75. The van der Waals surface area contributed by atoms with Gasteiger partial charge in [-0.25, -0.2) is 9.67 Å². The van der Waals surface area contributed by atoms with Gasteiger partial charge in [-0.1, -0.05) is 20.8 Å². The Bertz CT molecular complexity index is 739. The van der Waals surface area contributed by atoms with E-state index in [0.29, 0.717) is 24.6 Å². The van der Waals surface area contributed by atoms with Gasteiger partial charge in [0.05, 0.1) is 11.8 Å². The molecule has 0 aromatic carbocycles. The number of aliphatic hydroxyl groups excluding tert-OH is 1. The number of carbonyl (C=O) groups is 1. The molecule has 0 atom stereocenters. The normalized spacial score (nSPS) is 17.4. The summed E-state index contributed by atoms with van der Waals surface area (Å²) in [6.45, 7) is 8.80. The number of aromatic nitrogens is 3. The van der Waals surface area contributed by atoms with Gasteiger partial charge in [0.2, 0.25) is 0 Å². The van der Waals surface area contributed by atoms with Crippen LogP contribution in [0.4, 0.5) is 0 Å². The highest BCUT2D eigenvalue weighted by atomic mass is 16.3. The lowest BCUT2D eigenvalue weighted by atomic mass is 9.77. The van der Waals surface area contributed by atoms with Crippen molar-refractivity contribution in [2.75, 3.05) is 19.7 Å². The summed E-state index contributed by atoms with van der Waals surface area (Å²) in [4.78, 5) is 19.2. The van der Waals surface area contributed by atoms with Crippen molar-refractivity contribution in [1.82, 2.24) is 19.7 Å². The monoisotopic (exact) mass is 344 g/mol. The molecule has 0 spiro atoms. The molecular formula is C19H28N4O2. The van der Waals surface area contributed by atoms with Gasteiger partial charge in [-0.15, -0.1) is 0 Å². The summed E-state index contributed by atoms with van der Waals surface area (Å²) in [5.74, 6) is 0.513. The molecule has 2 aromatic heterocycles. The van der Waals surface area contributed by atoms with Gasteiger partial charge in [0, 0.05) is 37.8 Å². The maximum atomic E-state index is 12.8. The van der Waals surface area contributed by atoms with E-state index in [1.807, 2.05) is 15.6 Å². The minimum atomic E-state index is -0.0169. The minimum absolute atomic E-state index is 0.0169. The summed E-state index contributed by atoms with van der Waals surface area (Å²) in [7, 11) is 0. The lowest BCUT2D eigenvalue weighted by molar-refractivity contribution is 0.0338. The molecule has 0 aliphatic carbocycles. The zero-order valence-electron chi connectivity index (χ0n) is 15.4. The van der Waals surface area contributed by atoms with E-state index in [-0.39, 0.29) is 17.9 Å². The van der Waals surface area contributed by atoms with E-state index >= 15 is 0 Å². The van der Waals surface area contributed by atoms with Crippen LogP contribution in [0.25, 0.3) is 11.0 Å². The van der Waals surface area contributed by atoms with Gasteiger partial charge in [-0.3, -0.25) is 4.79 Å². The van der Waals surface area contributed by atoms with Crippen LogP contribution in [0.2, 0.25) is 0 Å². The Morgan fingerprint density at radius 2 is 2.04 bits per heavy atom. The highest BCUT2D eigenvalue weighted by Gasteiger charge is 2.34. The zero-order valence-corrected chi connectivity index (χ0v) is 15.4. The van der Waals surface area contributed by atoms with E-state index in [2.05, 4.69) is 30.9 Å². The Kier molecular flexibility index (Phi) is 5.08. The van der Waals surface area contributed by atoms with E-state index in [1.165, 1.54) is 0 Å². The van der Waals surface area contributed by atoms with Crippen LogP contribution < -0.4 is 0 Å². The number of hydrogen-bond acceptors (Lipinski definition) is 4. The molecule has 0 unspecified atom stereocenters. The third kappa shape index (κ3) is 3.54. The standard InChI is InChI=1S/C19H28N4O2/c1-4-19(13-24)5-7-22(8-6-19)18(25)16-9-15-11-21-23(12-14(2)3)17(15)20-10-16/h9-11,14,24H,4-8,12-13H2,1-3H3. The number of rotatable bonds is 5. The number of nitrogens with zero attached hydrogens (tertiary/aromatic N) is 4. The summed E-state index contributed by atoms with van der Waals surface area (Å²) in [5, 5.41) is 14.9. The first-order chi connectivity index (χ1) is 12.0. The summed E-state index contributed by atoms with van der Waals surface area (Å²) in [5.41, 5.74) is 1.43. The summed E-state index contributed by atoms with van der Waals surface area (Å²) in [6.07, 6.45) is 6.11. The van der Waals surface area contributed by atoms with Crippen LogP contribution in [0.3, 0.4) is 0 Å². The molecule has 2 aromatic rings. The number of hydrogen-bond donors (Lipinski definition) is 1. The topological polar surface area (TPSA) is 71.2 Å². The molecule has 0 saturated carbocycles. The van der Waals surface area contributed by atoms with Crippen molar-refractivity contribution in [3.8, 4) is 0 Å². The molecule has 1 aliphatic rings. The average molecular weight is 344 g/mol. The van der Waals surface area contributed by atoms with Gasteiger partial charge in [0.25, 0.3) is 5.91 Å². The first-order valence-electron chi connectivity index (χ1n) is 9.20. The summed E-state index contributed by atoms with van der Waals surface area (Å²) >= 11 is 0. The van der Waals surface area contributed by atoms with Crippen molar-refractivity contribution in [2.24, 2.45) is 11.3 Å². The van der Waals surface area contributed by atoms with Gasteiger partial charge in [0.1, 0.15) is 0 Å². The molecule has 1 fully saturated rings. The fraction of sp³-hybridized carbons (Fsp3) is 0.632. The minimum Gasteiger partial charge on any atom is -0.396 e. The highest BCUT2D eigenvalue weighted by Crippen LogP contribution is 2.34. The predicted molar refractivity (Wildman–Crippen MR) is 97.3 cm³/mol. The lowest BCUT2D eigenvalue weighted by Crippen LogP contribution is -2.44. The summed E-state index contributed by atoms with van der Waals surface area (Å²) in [6, 6.07) is 1.89. The van der Waals surface area contributed by atoms with Crippen molar-refractivity contribution >= 4 is 16.9 Å². The number of piperidine rings is 1. The van der Waals surface area contributed by atoms with Crippen molar-refractivity contribution in [3.63, 3.8) is 0 Å². The van der Waals surface area contributed by atoms with E-state index in [1.54, 1.807) is 12.4 Å². The largest absolute Gasteiger partial charge is 0.396 e. The number of fused-ring (bicyclic) bond motifs is 1. The van der Waals surface area contributed by atoms with Crippen molar-refractivity contribution < 1.29 is 9.90 Å². The number of likely N-dealkylation sites (tertiary alicyclic amines) is 1. The first-order valence-corrected chi connectivity index (χ1v) is 9.20. The second kappa shape index (κ2) is 7.12. The molecule has 3 rings (SSSR count). The van der Waals surface area contributed by atoms with E-state index in [0.717, 1.165) is 36.8 Å². The smallest absolute Gasteiger partial charge is 0.255 e. The van der Waals surface area contributed by atoms with Crippen LogP contribution in [0.1, 0.15) is 50.4 Å². The molecule has 1 aliphatic heterocycles. The van der Waals surface area contributed by atoms with Crippen LogP contribution >= 0.6 is 0 Å². The van der Waals surface area contributed by atoms with E-state index in [4.69, 9.17) is 0 Å². The van der Waals surface area contributed by atoms with Crippen molar-refractivity contribution in [2.45, 2.75) is 46.6 Å². The molecule has 0 bridgehead atoms. The number of pyridine rings is 1.